The minimum Gasteiger partial charge on any atom is -0.402 e. The van der Waals surface area contributed by atoms with E-state index in [0.29, 0.717) is 0 Å². The van der Waals surface area contributed by atoms with Crippen molar-refractivity contribution in [3.05, 3.63) is 13.2 Å². The molecule has 0 fully saturated rings. The highest BCUT2D eigenvalue weighted by Crippen LogP contribution is 1.41. The third-order valence-corrected chi connectivity index (χ3v) is 0. The van der Waals surface area contributed by atoms with Crippen molar-refractivity contribution in [2.45, 2.75) is 0 Å². The molecule has 0 atom stereocenters. The van der Waals surface area contributed by atoms with Gasteiger partial charge in [-0.05, 0) is 0 Å². The molecule has 18 heteroatoms. The molecule has 0 saturated heterocycles. The van der Waals surface area contributed by atoms with E-state index in [9.17, 15) is 0 Å². The van der Waals surface area contributed by atoms with Gasteiger partial charge in [0.15, 0.2) is 0 Å². The van der Waals surface area contributed by atoms with Crippen LogP contribution in [0.25, 0.3) is 0 Å². The second-order valence-corrected chi connectivity index (χ2v) is 1.39. The van der Waals surface area contributed by atoms with Crippen LogP contribution in [-0.4, -0.2) is 89.6 Å². The molecule has 0 spiro atoms. The monoisotopic (exact) mass is 310 g/mol. The molecular formula is C2H22B4N2O12. The van der Waals surface area contributed by atoms with E-state index in [2.05, 4.69) is 13.2 Å². The Labute approximate surface area is 116 Å². The molecule has 0 unspecified atom stereocenters. The van der Waals surface area contributed by atoms with Crippen LogP contribution in [0.1, 0.15) is 0 Å². The van der Waals surface area contributed by atoms with Gasteiger partial charge in [0.25, 0.3) is 0 Å². The average molecular weight is 309 g/mol. The molecule has 0 aliphatic rings. The van der Waals surface area contributed by atoms with Crippen LogP contribution in [0, 0.1) is 0 Å². The van der Waals surface area contributed by atoms with E-state index < -0.39 is 29.3 Å². The Kier molecular flexibility index (Phi) is 91.5. The molecule has 0 saturated carbocycles. The molecule has 124 valence electrons. The van der Waals surface area contributed by atoms with Gasteiger partial charge in [0.2, 0.25) is 0 Å². The van der Waals surface area contributed by atoms with Crippen molar-refractivity contribution >= 4 is 29.3 Å². The highest BCUT2D eigenvalue weighted by Gasteiger charge is 1.93. The summed E-state index contributed by atoms with van der Waals surface area (Å²) in [5.41, 5.74) is 0. The van der Waals surface area contributed by atoms with Gasteiger partial charge in [-0.3, -0.25) is 0 Å². The summed E-state index contributed by atoms with van der Waals surface area (Å²) >= 11 is 0. The average Bonchev–Trinajstić information content (AvgIpc) is 2.01. The zero-order valence-electron chi connectivity index (χ0n) is 10.5. The van der Waals surface area contributed by atoms with Gasteiger partial charge in [-0.1, -0.05) is 0 Å². The zero-order chi connectivity index (χ0) is 16.3. The van der Waals surface area contributed by atoms with E-state index in [-0.39, 0.29) is 12.3 Å². The fraction of sp³-hybridized carbons (Fsp3) is 0. The van der Waals surface area contributed by atoms with Gasteiger partial charge in [0, 0.05) is 0 Å². The maximum absolute atomic E-state index is 7.17. The van der Waals surface area contributed by atoms with Crippen LogP contribution in [0.5, 0.6) is 0 Å². The highest BCUT2D eigenvalue weighted by molar-refractivity contribution is 6.31. The van der Waals surface area contributed by atoms with Gasteiger partial charge >= 0.3 is 29.3 Å². The Bertz CT molecular complexity index is 84.6. The molecule has 0 rings (SSSR count). The molecule has 0 amide bonds. The van der Waals surface area contributed by atoms with Gasteiger partial charge in [0.05, 0.1) is 0 Å². The Morgan fingerprint density at radius 1 is 0.350 bits per heavy atom. The standard InChI is InChI=1S/C2H4.4BH3O3.2H3N/c1-2;4*2-1(3)4;;/h1-2H2;4*2-4H;2*1H3. The molecular weight excluding hydrogens is 287 g/mol. The Morgan fingerprint density at radius 3 is 0.350 bits per heavy atom. The molecule has 0 aromatic rings. The summed E-state index contributed by atoms with van der Waals surface area (Å²) in [4.78, 5) is 0. The first kappa shape index (κ1) is 42.7. The van der Waals surface area contributed by atoms with Gasteiger partial charge in [-0.15, -0.1) is 13.2 Å². The Hall–Kier alpha value is -0.560. The topological polar surface area (TPSA) is 313 Å². The lowest BCUT2D eigenvalue weighted by atomic mass is 10.3. The summed E-state index contributed by atoms with van der Waals surface area (Å²) in [5, 5.41) is 86.0. The van der Waals surface area contributed by atoms with Gasteiger partial charge < -0.3 is 72.6 Å². The van der Waals surface area contributed by atoms with E-state index in [1.807, 2.05) is 0 Å². The van der Waals surface area contributed by atoms with Crippen molar-refractivity contribution in [3.63, 3.8) is 0 Å². The van der Waals surface area contributed by atoms with Crippen molar-refractivity contribution in [2.75, 3.05) is 0 Å². The predicted molar refractivity (Wildman–Crippen MR) is 70.9 cm³/mol. The van der Waals surface area contributed by atoms with Crippen LogP contribution in [0.4, 0.5) is 0 Å². The van der Waals surface area contributed by atoms with E-state index in [4.69, 9.17) is 60.3 Å². The van der Waals surface area contributed by atoms with Crippen LogP contribution in [0.15, 0.2) is 13.2 Å². The van der Waals surface area contributed by atoms with Crippen LogP contribution in [-0.2, 0) is 0 Å². The molecule has 0 aliphatic carbocycles. The van der Waals surface area contributed by atoms with Gasteiger partial charge in [0.1, 0.15) is 0 Å². The van der Waals surface area contributed by atoms with E-state index in [0.717, 1.165) is 0 Å². The second kappa shape index (κ2) is 42.9. The Morgan fingerprint density at radius 2 is 0.350 bits per heavy atom. The molecule has 20 heavy (non-hydrogen) atoms. The van der Waals surface area contributed by atoms with Crippen molar-refractivity contribution in [1.29, 1.82) is 0 Å². The van der Waals surface area contributed by atoms with Crippen LogP contribution >= 0.6 is 0 Å². The van der Waals surface area contributed by atoms with Crippen molar-refractivity contribution in [2.24, 2.45) is 0 Å². The second-order valence-electron chi connectivity index (χ2n) is 1.39. The molecule has 0 aromatic carbocycles. The molecule has 0 heterocycles. The maximum atomic E-state index is 7.17. The van der Waals surface area contributed by atoms with E-state index >= 15 is 0 Å². The zero-order valence-corrected chi connectivity index (χ0v) is 10.5. The molecule has 0 bridgehead atoms. The highest BCUT2D eigenvalue weighted by atomic mass is 16.5. The smallest absolute Gasteiger partial charge is 0.402 e. The van der Waals surface area contributed by atoms with Gasteiger partial charge in [-0.25, -0.2) is 0 Å². The summed E-state index contributed by atoms with van der Waals surface area (Å²) in [6, 6.07) is 0. The fourth-order valence-electron chi connectivity index (χ4n) is 0. The van der Waals surface area contributed by atoms with Crippen molar-refractivity contribution in [1.82, 2.24) is 12.3 Å². The number of hydrogen-bond donors (Lipinski definition) is 14. The third kappa shape index (κ3) is 15000. The summed E-state index contributed by atoms with van der Waals surface area (Å²) in [6.45, 7) is 6.00. The van der Waals surface area contributed by atoms with Gasteiger partial charge in [-0.2, -0.15) is 0 Å². The maximum Gasteiger partial charge on any atom is 0.631 e. The van der Waals surface area contributed by atoms with E-state index in [1.54, 1.807) is 0 Å². The largest absolute Gasteiger partial charge is 0.631 e. The first-order chi connectivity index (χ1) is 7.93. The first-order valence-electron chi connectivity index (χ1n) is 3.60. The minimum atomic E-state index is -2.17. The first-order valence-corrected chi connectivity index (χ1v) is 3.60. The Balaban J connectivity index is -0.0000000209. The van der Waals surface area contributed by atoms with Crippen LogP contribution in [0.2, 0.25) is 0 Å². The number of hydrogen-bond acceptors (Lipinski definition) is 14. The number of rotatable bonds is 0. The lowest BCUT2D eigenvalue weighted by Crippen LogP contribution is -2.07. The van der Waals surface area contributed by atoms with Crippen molar-refractivity contribution < 1.29 is 60.3 Å². The normalized spacial score (nSPS) is 5.60. The van der Waals surface area contributed by atoms with Crippen LogP contribution < -0.4 is 12.3 Å². The lowest BCUT2D eigenvalue weighted by molar-refractivity contribution is 0.276. The molecule has 0 aromatic heterocycles. The third-order valence-electron chi connectivity index (χ3n) is 0. The molecule has 0 aliphatic heterocycles. The summed E-state index contributed by atoms with van der Waals surface area (Å²) < 4.78 is 0. The fourth-order valence-corrected chi connectivity index (χ4v) is 0. The quantitative estimate of drug-likeness (QED) is 0.146. The lowest BCUT2D eigenvalue weighted by Gasteiger charge is -1.69. The summed E-state index contributed by atoms with van der Waals surface area (Å²) in [7, 11) is -8.67. The SMILES string of the molecule is C=C.N.N.OB(O)O.OB(O)O.OB(O)O.OB(O)O. The minimum absolute atomic E-state index is 0. The molecule has 14 nitrogen and oxygen atoms in total. The van der Waals surface area contributed by atoms with Crippen LogP contribution in [0.3, 0.4) is 0 Å². The van der Waals surface area contributed by atoms with Crippen molar-refractivity contribution in [3.8, 4) is 0 Å². The molecule has 18 N–H and O–H groups in total. The van der Waals surface area contributed by atoms with E-state index in [1.165, 1.54) is 0 Å². The molecule has 0 radical (unpaired) electrons. The summed E-state index contributed by atoms with van der Waals surface area (Å²) in [5.74, 6) is 0. The predicted octanol–water partition coefficient (Wildman–Crippen LogP) is -7.08. The summed E-state index contributed by atoms with van der Waals surface area (Å²) in [6.07, 6.45) is 0.